The first-order valence-corrected chi connectivity index (χ1v) is 10.7. The molecule has 1 aromatic heterocycles. The van der Waals surface area contributed by atoms with Crippen molar-refractivity contribution in [3.63, 3.8) is 0 Å². The Kier molecular flexibility index (Phi) is 6.00. The van der Waals surface area contributed by atoms with Crippen LogP contribution in [-0.4, -0.2) is 40.4 Å². The largest absolute Gasteiger partial charge is 0.353 e. The molecule has 1 aliphatic carbocycles. The summed E-state index contributed by atoms with van der Waals surface area (Å²) >= 11 is 0. The highest BCUT2D eigenvalue weighted by atomic mass is 16.2. The van der Waals surface area contributed by atoms with E-state index < -0.39 is 0 Å². The molecule has 1 saturated heterocycles. The summed E-state index contributed by atoms with van der Waals surface area (Å²) in [4.78, 5) is 27.7. The predicted molar refractivity (Wildman–Crippen MR) is 114 cm³/mol. The quantitative estimate of drug-likeness (QED) is 0.788. The van der Waals surface area contributed by atoms with Gasteiger partial charge in [0.05, 0.1) is 23.8 Å². The molecule has 29 heavy (non-hydrogen) atoms. The Morgan fingerprint density at radius 2 is 1.83 bits per heavy atom. The van der Waals surface area contributed by atoms with E-state index in [0.29, 0.717) is 17.8 Å². The molecule has 4 rings (SSSR count). The number of rotatable bonds is 6. The SMILES string of the molecule is Cn1cccc1[C@@H]1CCCN1CC(=O)Nc1ccccc1C(=O)NC1CCCC1. The van der Waals surface area contributed by atoms with Gasteiger partial charge in [0.2, 0.25) is 5.91 Å². The summed E-state index contributed by atoms with van der Waals surface area (Å²) in [6, 6.07) is 12.0. The fraction of sp³-hybridized carbons (Fsp3) is 0.478. The van der Waals surface area contributed by atoms with Gasteiger partial charge in [-0.15, -0.1) is 0 Å². The van der Waals surface area contributed by atoms with Crippen molar-refractivity contribution in [2.45, 2.75) is 50.6 Å². The van der Waals surface area contributed by atoms with Gasteiger partial charge in [0.15, 0.2) is 0 Å². The Morgan fingerprint density at radius 1 is 1.03 bits per heavy atom. The molecule has 2 fully saturated rings. The third-order valence-electron chi connectivity index (χ3n) is 6.17. The van der Waals surface area contributed by atoms with Crippen LogP contribution in [0.2, 0.25) is 0 Å². The molecular formula is C23H30N4O2. The maximum Gasteiger partial charge on any atom is 0.253 e. The van der Waals surface area contributed by atoms with Gasteiger partial charge in [0.25, 0.3) is 5.91 Å². The van der Waals surface area contributed by atoms with Crippen LogP contribution in [0.25, 0.3) is 0 Å². The van der Waals surface area contributed by atoms with Crippen molar-refractivity contribution in [1.82, 2.24) is 14.8 Å². The number of benzene rings is 1. The van der Waals surface area contributed by atoms with E-state index in [1.807, 2.05) is 31.4 Å². The lowest BCUT2D eigenvalue weighted by molar-refractivity contribution is -0.117. The van der Waals surface area contributed by atoms with Gasteiger partial charge in [-0.1, -0.05) is 25.0 Å². The van der Waals surface area contributed by atoms with E-state index in [2.05, 4.69) is 26.2 Å². The van der Waals surface area contributed by atoms with E-state index in [1.165, 1.54) is 18.5 Å². The number of aryl methyl sites for hydroxylation is 1. The minimum atomic E-state index is -0.101. The molecule has 2 amide bonds. The van der Waals surface area contributed by atoms with E-state index >= 15 is 0 Å². The maximum absolute atomic E-state index is 12.8. The first kappa shape index (κ1) is 19.7. The number of likely N-dealkylation sites (tertiary alicyclic amines) is 1. The highest BCUT2D eigenvalue weighted by molar-refractivity contribution is 6.04. The minimum Gasteiger partial charge on any atom is -0.353 e. The monoisotopic (exact) mass is 394 g/mol. The van der Waals surface area contributed by atoms with Crippen LogP contribution in [0.5, 0.6) is 0 Å². The van der Waals surface area contributed by atoms with E-state index in [9.17, 15) is 9.59 Å². The number of amides is 2. The second kappa shape index (κ2) is 8.82. The first-order valence-electron chi connectivity index (χ1n) is 10.7. The number of hydrogen-bond donors (Lipinski definition) is 2. The number of carbonyl (C=O) groups is 2. The van der Waals surface area contributed by atoms with Gasteiger partial charge < -0.3 is 15.2 Å². The third-order valence-corrected chi connectivity index (χ3v) is 6.17. The van der Waals surface area contributed by atoms with Crippen LogP contribution in [0.4, 0.5) is 5.69 Å². The van der Waals surface area contributed by atoms with Gasteiger partial charge in [-0.3, -0.25) is 14.5 Å². The molecule has 1 atom stereocenters. The molecule has 2 heterocycles. The number of carbonyl (C=O) groups excluding carboxylic acids is 2. The molecule has 1 aliphatic heterocycles. The minimum absolute atomic E-state index is 0.0766. The molecule has 0 bridgehead atoms. The summed E-state index contributed by atoms with van der Waals surface area (Å²) in [5.74, 6) is -0.178. The second-order valence-electron chi connectivity index (χ2n) is 8.22. The summed E-state index contributed by atoms with van der Waals surface area (Å²) in [5.41, 5.74) is 2.36. The predicted octanol–water partition coefficient (Wildman–Crippen LogP) is 3.47. The van der Waals surface area contributed by atoms with Gasteiger partial charge in [-0.25, -0.2) is 0 Å². The summed E-state index contributed by atoms with van der Waals surface area (Å²) in [6.07, 6.45) is 8.61. The molecule has 6 nitrogen and oxygen atoms in total. The molecule has 2 aromatic rings. The van der Waals surface area contributed by atoms with Crippen LogP contribution in [0, 0.1) is 0 Å². The van der Waals surface area contributed by atoms with E-state index in [4.69, 9.17) is 0 Å². The zero-order valence-corrected chi connectivity index (χ0v) is 17.1. The van der Waals surface area contributed by atoms with Crippen molar-refractivity contribution < 1.29 is 9.59 Å². The van der Waals surface area contributed by atoms with Gasteiger partial charge in [0, 0.05) is 25.0 Å². The van der Waals surface area contributed by atoms with Crippen LogP contribution in [0.1, 0.15) is 60.6 Å². The number of nitrogens with zero attached hydrogens (tertiary/aromatic N) is 2. The lowest BCUT2D eigenvalue weighted by Gasteiger charge is -2.24. The van der Waals surface area contributed by atoms with Gasteiger partial charge in [-0.05, 0) is 56.5 Å². The number of para-hydroxylation sites is 1. The summed E-state index contributed by atoms with van der Waals surface area (Å²) in [6.45, 7) is 1.24. The van der Waals surface area contributed by atoms with E-state index in [0.717, 1.165) is 32.2 Å². The zero-order chi connectivity index (χ0) is 20.2. The van der Waals surface area contributed by atoms with E-state index in [-0.39, 0.29) is 23.9 Å². The zero-order valence-electron chi connectivity index (χ0n) is 17.1. The number of hydrogen-bond acceptors (Lipinski definition) is 3. The molecule has 1 saturated carbocycles. The van der Waals surface area contributed by atoms with Gasteiger partial charge in [0.1, 0.15) is 0 Å². The highest BCUT2D eigenvalue weighted by Crippen LogP contribution is 2.31. The van der Waals surface area contributed by atoms with Gasteiger partial charge >= 0.3 is 0 Å². The molecule has 154 valence electrons. The smallest absolute Gasteiger partial charge is 0.253 e. The van der Waals surface area contributed by atoms with Crippen LogP contribution in [0.3, 0.4) is 0 Å². The number of anilines is 1. The summed E-state index contributed by atoms with van der Waals surface area (Å²) in [7, 11) is 2.05. The summed E-state index contributed by atoms with van der Waals surface area (Å²) in [5, 5.41) is 6.09. The van der Waals surface area contributed by atoms with Crippen LogP contribution >= 0.6 is 0 Å². The summed E-state index contributed by atoms with van der Waals surface area (Å²) < 4.78 is 2.13. The van der Waals surface area contributed by atoms with Crippen molar-refractivity contribution in [2.24, 2.45) is 7.05 Å². The number of nitrogens with one attached hydrogen (secondary N) is 2. The molecule has 2 N–H and O–H groups in total. The Labute approximate surface area is 172 Å². The van der Waals surface area contributed by atoms with Crippen LogP contribution in [0.15, 0.2) is 42.6 Å². The average Bonchev–Trinajstić information content (AvgIpc) is 3.45. The van der Waals surface area contributed by atoms with Gasteiger partial charge in [-0.2, -0.15) is 0 Å². The van der Waals surface area contributed by atoms with Crippen molar-refractivity contribution in [1.29, 1.82) is 0 Å². The Bertz CT molecular complexity index is 869. The number of aromatic nitrogens is 1. The Morgan fingerprint density at radius 3 is 2.59 bits per heavy atom. The lowest BCUT2D eigenvalue weighted by atomic mass is 10.1. The van der Waals surface area contributed by atoms with Crippen molar-refractivity contribution in [3.8, 4) is 0 Å². The van der Waals surface area contributed by atoms with E-state index in [1.54, 1.807) is 12.1 Å². The Hall–Kier alpha value is -2.60. The Balaban J connectivity index is 1.41. The van der Waals surface area contributed by atoms with Crippen LogP contribution in [-0.2, 0) is 11.8 Å². The van der Waals surface area contributed by atoms with Crippen molar-refractivity contribution in [3.05, 3.63) is 53.9 Å². The first-order chi connectivity index (χ1) is 14.1. The second-order valence-corrected chi connectivity index (χ2v) is 8.22. The molecular weight excluding hydrogens is 364 g/mol. The topological polar surface area (TPSA) is 66.4 Å². The molecule has 6 heteroatoms. The average molecular weight is 395 g/mol. The normalized spacial score (nSPS) is 20.1. The third kappa shape index (κ3) is 4.53. The molecule has 0 radical (unpaired) electrons. The molecule has 1 aromatic carbocycles. The molecule has 2 aliphatic rings. The van der Waals surface area contributed by atoms with Crippen molar-refractivity contribution >= 4 is 17.5 Å². The lowest BCUT2D eigenvalue weighted by Crippen LogP contribution is -2.35. The fourth-order valence-corrected chi connectivity index (χ4v) is 4.67. The standard InChI is InChI=1S/C23H30N4O2/c1-26-14-6-12-20(26)21-13-7-15-27(21)16-22(28)25-19-11-5-4-10-18(19)23(29)24-17-8-2-3-9-17/h4-6,10-12,14,17,21H,2-3,7-9,13,15-16H2,1H3,(H,24,29)(H,25,28)/t21-/m0/s1. The van der Waals surface area contributed by atoms with Crippen molar-refractivity contribution in [2.75, 3.05) is 18.4 Å². The highest BCUT2D eigenvalue weighted by Gasteiger charge is 2.29. The molecule has 0 spiro atoms. The maximum atomic E-state index is 12.8. The van der Waals surface area contributed by atoms with Crippen LogP contribution < -0.4 is 10.6 Å². The molecule has 0 unspecified atom stereocenters. The fourth-order valence-electron chi connectivity index (χ4n) is 4.67.